The Kier molecular flexibility index (Phi) is 7.40. The van der Waals surface area contributed by atoms with Gasteiger partial charge in [-0.3, -0.25) is 0 Å². The molecule has 1 fully saturated rings. The minimum atomic E-state index is -0.602. The molecule has 1 aromatic carbocycles. The molecular weight excluding hydrogens is 414 g/mol. The lowest BCUT2D eigenvalue weighted by Crippen LogP contribution is -2.44. The van der Waals surface area contributed by atoms with Crippen LogP contribution in [0.2, 0.25) is 0 Å². The Balaban J connectivity index is 1.39. The van der Waals surface area contributed by atoms with Gasteiger partial charge in [-0.05, 0) is 68.5 Å². The Bertz CT molecular complexity index is 1000. The van der Waals surface area contributed by atoms with Crippen LogP contribution in [0.15, 0.2) is 61.1 Å². The molecule has 1 atom stereocenters. The first-order chi connectivity index (χ1) is 16.0. The van der Waals surface area contributed by atoms with Crippen LogP contribution in [-0.4, -0.2) is 38.7 Å². The molecule has 0 spiro atoms. The number of aliphatic hydroxyl groups is 1. The van der Waals surface area contributed by atoms with Crippen molar-refractivity contribution in [3.05, 3.63) is 61.1 Å². The van der Waals surface area contributed by atoms with Crippen LogP contribution < -0.4 is 15.0 Å². The number of piperidine rings is 1. The average molecular weight is 448 g/mol. The van der Waals surface area contributed by atoms with Crippen molar-refractivity contribution in [3.8, 4) is 11.6 Å². The maximum atomic E-state index is 10.9. The molecule has 1 aliphatic rings. The molecule has 0 saturated carbocycles. The van der Waals surface area contributed by atoms with Crippen molar-refractivity contribution in [1.82, 2.24) is 15.0 Å². The van der Waals surface area contributed by atoms with Gasteiger partial charge in [-0.2, -0.15) is 0 Å². The quantitative estimate of drug-likeness (QED) is 0.444. The van der Waals surface area contributed by atoms with Crippen LogP contribution in [0.25, 0.3) is 0 Å². The van der Waals surface area contributed by atoms with Crippen LogP contribution >= 0.6 is 0 Å². The van der Waals surface area contributed by atoms with Crippen molar-refractivity contribution in [1.29, 1.82) is 0 Å². The van der Waals surface area contributed by atoms with Crippen LogP contribution in [-0.2, 0) is 0 Å². The first-order valence-corrected chi connectivity index (χ1v) is 11.8. The van der Waals surface area contributed by atoms with E-state index in [9.17, 15) is 5.11 Å². The van der Waals surface area contributed by atoms with Crippen molar-refractivity contribution in [2.75, 3.05) is 23.3 Å². The molecule has 1 aliphatic heterocycles. The molecule has 7 nitrogen and oxygen atoms in total. The monoisotopic (exact) mass is 447 g/mol. The van der Waals surface area contributed by atoms with Gasteiger partial charge < -0.3 is 20.1 Å². The highest BCUT2D eigenvalue weighted by molar-refractivity contribution is 5.57. The van der Waals surface area contributed by atoms with Crippen LogP contribution in [0.1, 0.15) is 46.0 Å². The number of nitrogens with one attached hydrogen (secondary N) is 1. The Labute approximate surface area is 195 Å². The molecule has 0 radical (unpaired) electrons. The molecule has 4 rings (SSSR count). The summed E-state index contributed by atoms with van der Waals surface area (Å²) in [5.41, 5.74) is 0.326. The number of anilines is 3. The van der Waals surface area contributed by atoms with Crippen molar-refractivity contribution in [2.45, 2.75) is 51.6 Å². The van der Waals surface area contributed by atoms with Crippen LogP contribution in [0.3, 0.4) is 0 Å². The molecule has 3 heterocycles. The fourth-order valence-electron chi connectivity index (χ4n) is 4.36. The fourth-order valence-corrected chi connectivity index (χ4v) is 4.36. The van der Waals surface area contributed by atoms with E-state index in [1.807, 2.05) is 49.4 Å². The lowest BCUT2D eigenvalue weighted by molar-refractivity contribution is -0.0201. The zero-order chi connectivity index (χ0) is 23.1. The third-order valence-electron chi connectivity index (χ3n) is 6.36. The van der Waals surface area contributed by atoms with E-state index < -0.39 is 5.60 Å². The van der Waals surface area contributed by atoms with Gasteiger partial charge in [-0.1, -0.05) is 25.8 Å². The third kappa shape index (κ3) is 5.99. The van der Waals surface area contributed by atoms with Crippen molar-refractivity contribution in [2.24, 2.45) is 5.92 Å². The van der Waals surface area contributed by atoms with Gasteiger partial charge in [0.15, 0.2) is 5.82 Å². The topological polar surface area (TPSA) is 83.4 Å². The number of aromatic nitrogens is 3. The average Bonchev–Trinajstić information content (AvgIpc) is 2.85. The maximum absolute atomic E-state index is 10.9. The Morgan fingerprint density at radius 1 is 1.03 bits per heavy atom. The maximum Gasteiger partial charge on any atom is 0.263 e. The zero-order valence-electron chi connectivity index (χ0n) is 19.4. The van der Waals surface area contributed by atoms with E-state index in [4.69, 9.17) is 4.74 Å². The molecule has 33 heavy (non-hydrogen) atoms. The number of nitrogens with zero attached hydrogens (tertiary/aromatic N) is 4. The Hall–Kier alpha value is -3.19. The van der Waals surface area contributed by atoms with Crippen molar-refractivity contribution < 1.29 is 9.84 Å². The summed E-state index contributed by atoms with van der Waals surface area (Å²) in [6.45, 7) is 5.81. The fraction of sp³-hybridized carbons (Fsp3) is 0.423. The van der Waals surface area contributed by atoms with E-state index in [1.54, 1.807) is 18.6 Å². The van der Waals surface area contributed by atoms with Crippen LogP contribution in [0, 0.1) is 5.92 Å². The lowest BCUT2D eigenvalue weighted by Gasteiger charge is -2.40. The second-order valence-electron chi connectivity index (χ2n) is 8.87. The SMILES string of the molecule is CCCCC(C)(O)C1CCN(c2nccnc2Oc2ccc(Nc3ccccn3)cc2)CC1. The molecule has 3 aromatic rings. The molecule has 0 aliphatic carbocycles. The van der Waals surface area contributed by atoms with Crippen molar-refractivity contribution in [3.63, 3.8) is 0 Å². The van der Waals surface area contributed by atoms with Gasteiger partial charge in [0, 0.05) is 37.4 Å². The first kappa shape index (κ1) is 23.0. The second-order valence-corrected chi connectivity index (χ2v) is 8.87. The van der Waals surface area contributed by atoms with Gasteiger partial charge in [-0.15, -0.1) is 0 Å². The molecule has 2 aromatic heterocycles. The second kappa shape index (κ2) is 10.6. The predicted octanol–water partition coefficient (Wildman–Crippen LogP) is 5.57. The van der Waals surface area contributed by atoms with Crippen LogP contribution in [0.5, 0.6) is 11.6 Å². The number of pyridine rings is 1. The van der Waals surface area contributed by atoms with Gasteiger partial charge in [0.2, 0.25) is 0 Å². The summed E-state index contributed by atoms with van der Waals surface area (Å²) in [5, 5.41) is 14.2. The van der Waals surface area contributed by atoms with Gasteiger partial charge in [0.05, 0.1) is 5.60 Å². The molecule has 0 bridgehead atoms. The number of hydrogen-bond acceptors (Lipinski definition) is 7. The van der Waals surface area contributed by atoms with Gasteiger partial charge in [0.25, 0.3) is 5.88 Å². The molecule has 1 unspecified atom stereocenters. The highest BCUT2D eigenvalue weighted by Gasteiger charge is 2.34. The van der Waals surface area contributed by atoms with E-state index in [-0.39, 0.29) is 0 Å². The van der Waals surface area contributed by atoms with E-state index >= 15 is 0 Å². The normalized spacial score (nSPS) is 16.3. The minimum Gasteiger partial charge on any atom is -0.436 e. The Morgan fingerprint density at radius 3 is 2.48 bits per heavy atom. The summed E-state index contributed by atoms with van der Waals surface area (Å²) in [7, 11) is 0. The van der Waals surface area contributed by atoms with Crippen molar-refractivity contribution >= 4 is 17.3 Å². The largest absolute Gasteiger partial charge is 0.436 e. The molecule has 7 heteroatoms. The number of ether oxygens (including phenoxy) is 1. The smallest absolute Gasteiger partial charge is 0.263 e. The zero-order valence-corrected chi connectivity index (χ0v) is 19.4. The molecule has 0 amide bonds. The molecule has 2 N–H and O–H groups in total. The first-order valence-electron chi connectivity index (χ1n) is 11.8. The van der Waals surface area contributed by atoms with Crippen LogP contribution in [0.4, 0.5) is 17.3 Å². The van der Waals surface area contributed by atoms with E-state index in [0.717, 1.165) is 62.5 Å². The lowest BCUT2D eigenvalue weighted by atomic mass is 9.79. The Morgan fingerprint density at radius 2 is 1.79 bits per heavy atom. The number of unbranched alkanes of at least 4 members (excludes halogenated alkanes) is 1. The number of rotatable bonds is 9. The van der Waals surface area contributed by atoms with Gasteiger partial charge >= 0.3 is 0 Å². The number of benzene rings is 1. The summed E-state index contributed by atoms with van der Waals surface area (Å²) >= 11 is 0. The summed E-state index contributed by atoms with van der Waals surface area (Å²) in [6.07, 6.45) is 10.00. The summed E-state index contributed by atoms with van der Waals surface area (Å²) < 4.78 is 6.11. The number of hydrogen-bond donors (Lipinski definition) is 2. The van der Waals surface area contributed by atoms with Gasteiger partial charge in [0.1, 0.15) is 11.6 Å². The van der Waals surface area contributed by atoms with E-state index in [1.165, 1.54) is 0 Å². The highest BCUT2D eigenvalue weighted by Crippen LogP contribution is 2.36. The minimum absolute atomic E-state index is 0.306. The molecular formula is C26H33N5O2. The summed E-state index contributed by atoms with van der Waals surface area (Å²) in [5.74, 6) is 3.04. The predicted molar refractivity (Wildman–Crippen MR) is 131 cm³/mol. The van der Waals surface area contributed by atoms with E-state index in [0.29, 0.717) is 17.5 Å². The molecule has 174 valence electrons. The standard InChI is InChI=1S/C26H33N5O2/c1-3-4-14-26(2,32)20-12-18-31(19-13-20)24-25(29-17-16-28-24)33-22-10-8-21(9-11-22)30-23-7-5-6-15-27-23/h5-11,15-17,20,32H,3-4,12-14,18-19H2,1-2H3,(H,27,30). The van der Waals surface area contributed by atoms with E-state index in [2.05, 4.69) is 32.1 Å². The summed E-state index contributed by atoms with van der Waals surface area (Å²) in [6, 6.07) is 13.5. The van der Waals surface area contributed by atoms with Gasteiger partial charge in [-0.25, -0.2) is 15.0 Å². The third-order valence-corrected chi connectivity index (χ3v) is 6.36. The molecule has 1 saturated heterocycles. The summed E-state index contributed by atoms with van der Waals surface area (Å²) in [4.78, 5) is 15.5. The highest BCUT2D eigenvalue weighted by atomic mass is 16.5.